The molecule has 1 saturated carbocycles. The maximum atomic E-state index is 3.59. The molecule has 0 bridgehead atoms. The highest BCUT2D eigenvalue weighted by atomic mass is 14.9. The van der Waals surface area contributed by atoms with Crippen molar-refractivity contribution in [2.24, 2.45) is 17.8 Å². The van der Waals surface area contributed by atoms with Crippen molar-refractivity contribution in [1.82, 2.24) is 5.32 Å². The van der Waals surface area contributed by atoms with E-state index in [1.807, 2.05) is 0 Å². The van der Waals surface area contributed by atoms with Gasteiger partial charge in [0.2, 0.25) is 0 Å². The van der Waals surface area contributed by atoms with E-state index in [2.05, 4.69) is 68.7 Å². The van der Waals surface area contributed by atoms with Crippen LogP contribution in [-0.4, -0.2) is 7.05 Å². The zero-order chi connectivity index (χ0) is 14.8. The van der Waals surface area contributed by atoms with Gasteiger partial charge in [-0.05, 0) is 60.0 Å². The van der Waals surface area contributed by atoms with Crippen LogP contribution in [0.15, 0.2) is 42.5 Å². The summed E-state index contributed by atoms with van der Waals surface area (Å²) in [5.41, 5.74) is 1.45. The van der Waals surface area contributed by atoms with E-state index in [9.17, 15) is 0 Å². The average molecular weight is 281 g/mol. The molecule has 1 nitrogen and oxygen atoms in total. The molecule has 1 fully saturated rings. The van der Waals surface area contributed by atoms with Crippen molar-refractivity contribution < 1.29 is 0 Å². The molecule has 4 unspecified atom stereocenters. The van der Waals surface area contributed by atoms with E-state index in [1.165, 1.54) is 35.6 Å². The van der Waals surface area contributed by atoms with Gasteiger partial charge in [-0.2, -0.15) is 0 Å². The van der Waals surface area contributed by atoms with Gasteiger partial charge < -0.3 is 5.32 Å². The first-order valence-corrected chi connectivity index (χ1v) is 8.35. The summed E-state index contributed by atoms with van der Waals surface area (Å²) in [6.45, 7) is 4.83. The van der Waals surface area contributed by atoms with Gasteiger partial charge in [0.1, 0.15) is 0 Å². The monoisotopic (exact) mass is 281 g/mol. The van der Waals surface area contributed by atoms with E-state index < -0.39 is 0 Å². The minimum atomic E-state index is 0.490. The van der Waals surface area contributed by atoms with Crippen molar-refractivity contribution in [3.8, 4) is 0 Å². The van der Waals surface area contributed by atoms with Crippen LogP contribution in [0.2, 0.25) is 0 Å². The molecule has 112 valence electrons. The molecule has 1 N–H and O–H groups in total. The third-order valence-electron chi connectivity index (χ3n) is 5.55. The maximum Gasteiger partial charge on any atom is 0.0346 e. The van der Waals surface area contributed by atoms with Crippen molar-refractivity contribution in [3.05, 3.63) is 48.0 Å². The molecule has 0 amide bonds. The van der Waals surface area contributed by atoms with Crippen molar-refractivity contribution in [2.45, 2.75) is 39.2 Å². The smallest absolute Gasteiger partial charge is 0.0346 e. The summed E-state index contributed by atoms with van der Waals surface area (Å²) < 4.78 is 0. The first kappa shape index (κ1) is 14.6. The molecule has 0 saturated heterocycles. The molecule has 1 heteroatoms. The Labute approximate surface area is 128 Å². The Balaban J connectivity index is 1.87. The summed E-state index contributed by atoms with van der Waals surface area (Å²) in [4.78, 5) is 0. The summed E-state index contributed by atoms with van der Waals surface area (Å²) >= 11 is 0. The Bertz CT molecular complexity index is 604. The number of hydrogen-bond acceptors (Lipinski definition) is 1. The summed E-state index contributed by atoms with van der Waals surface area (Å²) in [6.07, 6.45) is 4.07. The predicted octanol–water partition coefficient (Wildman–Crippen LogP) is 5.17. The fraction of sp³-hybridized carbons (Fsp3) is 0.500. The van der Waals surface area contributed by atoms with Gasteiger partial charge in [-0.15, -0.1) is 0 Å². The third kappa shape index (κ3) is 2.98. The quantitative estimate of drug-likeness (QED) is 0.818. The Morgan fingerprint density at radius 2 is 1.71 bits per heavy atom. The zero-order valence-corrected chi connectivity index (χ0v) is 13.5. The van der Waals surface area contributed by atoms with Gasteiger partial charge in [0, 0.05) is 6.04 Å². The summed E-state index contributed by atoms with van der Waals surface area (Å²) in [5.74, 6) is 2.50. The minimum Gasteiger partial charge on any atom is -0.313 e. The third-order valence-corrected chi connectivity index (χ3v) is 5.55. The Morgan fingerprint density at radius 3 is 2.43 bits per heavy atom. The number of hydrogen-bond donors (Lipinski definition) is 1. The molecule has 0 aromatic heterocycles. The first-order chi connectivity index (χ1) is 10.2. The highest BCUT2D eigenvalue weighted by Gasteiger charge is 2.30. The van der Waals surface area contributed by atoms with Crippen LogP contribution in [0, 0.1) is 17.8 Å². The van der Waals surface area contributed by atoms with Crippen LogP contribution < -0.4 is 5.32 Å². The lowest BCUT2D eigenvalue weighted by Gasteiger charge is -2.37. The zero-order valence-electron chi connectivity index (χ0n) is 13.5. The maximum absolute atomic E-state index is 3.59. The normalized spacial score (nSPS) is 27.7. The molecular formula is C20H27N. The lowest BCUT2D eigenvalue weighted by atomic mass is 9.72. The largest absolute Gasteiger partial charge is 0.313 e. The SMILES string of the molecule is CNC(c1ccc2ccccc2c1)C1CCC(C)C(C)C1. The molecular weight excluding hydrogens is 254 g/mol. The molecule has 3 rings (SSSR count). The van der Waals surface area contributed by atoms with Gasteiger partial charge in [-0.3, -0.25) is 0 Å². The molecule has 2 aromatic rings. The Hall–Kier alpha value is -1.34. The molecule has 0 spiro atoms. The highest BCUT2D eigenvalue weighted by molar-refractivity contribution is 5.83. The predicted molar refractivity (Wildman–Crippen MR) is 91.4 cm³/mol. The van der Waals surface area contributed by atoms with Crippen LogP contribution in [0.3, 0.4) is 0 Å². The molecule has 1 aliphatic rings. The van der Waals surface area contributed by atoms with E-state index in [0.29, 0.717) is 6.04 Å². The van der Waals surface area contributed by atoms with Gasteiger partial charge in [0.05, 0.1) is 0 Å². The van der Waals surface area contributed by atoms with Crippen LogP contribution in [0.5, 0.6) is 0 Å². The average Bonchev–Trinajstić information content (AvgIpc) is 2.51. The van der Waals surface area contributed by atoms with Crippen molar-refractivity contribution in [2.75, 3.05) is 7.05 Å². The fourth-order valence-electron chi connectivity index (χ4n) is 3.97. The van der Waals surface area contributed by atoms with Gasteiger partial charge >= 0.3 is 0 Å². The number of fused-ring (bicyclic) bond motifs is 1. The van der Waals surface area contributed by atoms with Crippen LogP contribution in [-0.2, 0) is 0 Å². The lowest BCUT2D eigenvalue weighted by Crippen LogP contribution is -2.31. The fourth-order valence-corrected chi connectivity index (χ4v) is 3.97. The van der Waals surface area contributed by atoms with E-state index in [1.54, 1.807) is 0 Å². The number of rotatable bonds is 3. The van der Waals surface area contributed by atoms with Crippen LogP contribution in [0.25, 0.3) is 10.8 Å². The Kier molecular flexibility index (Phi) is 4.30. The van der Waals surface area contributed by atoms with Crippen molar-refractivity contribution in [3.63, 3.8) is 0 Å². The molecule has 4 atom stereocenters. The number of benzene rings is 2. The Morgan fingerprint density at radius 1 is 0.952 bits per heavy atom. The van der Waals surface area contributed by atoms with Crippen molar-refractivity contribution >= 4 is 10.8 Å². The van der Waals surface area contributed by atoms with Crippen molar-refractivity contribution in [1.29, 1.82) is 0 Å². The number of nitrogens with one attached hydrogen (secondary N) is 1. The van der Waals surface area contributed by atoms with E-state index in [4.69, 9.17) is 0 Å². The molecule has 1 aliphatic carbocycles. The second kappa shape index (κ2) is 6.19. The highest BCUT2D eigenvalue weighted by Crippen LogP contribution is 2.40. The van der Waals surface area contributed by atoms with Crippen LogP contribution >= 0.6 is 0 Å². The topological polar surface area (TPSA) is 12.0 Å². The lowest BCUT2D eigenvalue weighted by molar-refractivity contribution is 0.175. The van der Waals surface area contributed by atoms with Crippen LogP contribution in [0.4, 0.5) is 0 Å². The minimum absolute atomic E-state index is 0.490. The van der Waals surface area contributed by atoms with Gasteiger partial charge in [-0.1, -0.05) is 56.7 Å². The van der Waals surface area contributed by atoms with Gasteiger partial charge in [0.25, 0.3) is 0 Å². The molecule has 2 aromatic carbocycles. The van der Waals surface area contributed by atoms with E-state index in [-0.39, 0.29) is 0 Å². The van der Waals surface area contributed by atoms with E-state index >= 15 is 0 Å². The molecule has 21 heavy (non-hydrogen) atoms. The van der Waals surface area contributed by atoms with Gasteiger partial charge in [0.15, 0.2) is 0 Å². The second-order valence-corrected chi connectivity index (χ2v) is 6.90. The van der Waals surface area contributed by atoms with Crippen LogP contribution in [0.1, 0.15) is 44.7 Å². The second-order valence-electron chi connectivity index (χ2n) is 6.90. The summed E-state index contributed by atoms with van der Waals surface area (Å²) in [5, 5.41) is 6.28. The summed E-state index contributed by atoms with van der Waals surface area (Å²) in [6, 6.07) is 16.1. The summed E-state index contributed by atoms with van der Waals surface area (Å²) in [7, 11) is 2.11. The van der Waals surface area contributed by atoms with E-state index in [0.717, 1.165) is 17.8 Å². The standard InChI is InChI=1S/C20H27N/c1-14-8-9-18(12-15(14)2)20(21-3)19-11-10-16-6-4-5-7-17(16)13-19/h4-7,10-11,13-15,18,20-21H,8-9,12H2,1-3H3. The molecule has 0 heterocycles. The molecule has 0 aliphatic heterocycles. The molecule has 0 radical (unpaired) electrons. The van der Waals surface area contributed by atoms with Gasteiger partial charge in [-0.25, -0.2) is 0 Å². The first-order valence-electron chi connectivity index (χ1n) is 8.35.